The van der Waals surface area contributed by atoms with Gasteiger partial charge in [-0.25, -0.2) is 0 Å². The molecule has 1 aliphatic heterocycles. The van der Waals surface area contributed by atoms with E-state index in [0.29, 0.717) is 0 Å². The van der Waals surface area contributed by atoms with Crippen LogP contribution < -0.4 is 10.5 Å². The Bertz CT molecular complexity index is 283. The van der Waals surface area contributed by atoms with Gasteiger partial charge in [-0.1, -0.05) is 24.2 Å². The van der Waals surface area contributed by atoms with E-state index in [1.807, 2.05) is 0 Å². The van der Waals surface area contributed by atoms with Crippen LogP contribution in [0.25, 0.3) is 0 Å². The Hall–Kier alpha value is -0.763. The van der Waals surface area contributed by atoms with Crippen molar-refractivity contribution in [2.75, 3.05) is 11.5 Å². The Morgan fingerprint density at radius 1 is 1.45 bits per heavy atom. The van der Waals surface area contributed by atoms with Gasteiger partial charge in [0.05, 0.1) is 8.80 Å². The lowest BCUT2D eigenvalue weighted by atomic mass is 10.2. The van der Waals surface area contributed by atoms with Gasteiger partial charge in [-0.3, -0.25) is 0 Å². The molecule has 1 aromatic rings. The number of anilines is 1. The van der Waals surface area contributed by atoms with Crippen LogP contribution in [0.1, 0.15) is 5.56 Å². The van der Waals surface area contributed by atoms with Crippen molar-refractivity contribution in [3.05, 3.63) is 23.8 Å². The van der Waals surface area contributed by atoms with Gasteiger partial charge in [-0.15, -0.1) is 0 Å². The number of benzene rings is 1. The van der Waals surface area contributed by atoms with Crippen LogP contribution in [0.3, 0.4) is 0 Å². The summed E-state index contributed by atoms with van der Waals surface area (Å²) in [6, 6.07) is 6.73. The Balaban J connectivity index is 2.52. The van der Waals surface area contributed by atoms with Gasteiger partial charge in [0.2, 0.25) is 0 Å². The summed E-state index contributed by atoms with van der Waals surface area (Å²) in [5, 5.41) is 5.05. The molecule has 0 aliphatic carbocycles. The van der Waals surface area contributed by atoms with E-state index in [0.717, 1.165) is 0 Å². The third-order valence-corrected chi connectivity index (χ3v) is 4.69. The molecule has 2 heteroatoms. The average molecular weight is 163 g/mol. The molecule has 0 amide bonds. The number of nitrogens with one attached hydrogen (secondary N) is 1. The molecule has 1 aliphatic rings. The van der Waals surface area contributed by atoms with Gasteiger partial charge in [-0.2, -0.15) is 0 Å². The maximum Gasteiger partial charge on any atom is 0.0916 e. The standard InChI is InChI=1S/C9H13NSi/c1-7-3-4-8-9(5-7)11(2)6-10-8/h3-5,10-11H,6H2,1-2H3. The summed E-state index contributed by atoms with van der Waals surface area (Å²) in [5.74, 6) is 0. The van der Waals surface area contributed by atoms with E-state index in [1.165, 1.54) is 17.4 Å². The minimum Gasteiger partial charge on any atom is -0.388 e. The van der Waals surface area contributed by atoms with Gasteiger partial charge < -0.3 is 5.32 Å². The molecule has 0 saturated heterocycles. The minimum absolute atomic E-state index is 0.586. The molecule has 1 nitrogen and oxygen atoms in total. The molecule has 11 heavy (non-hydrogen) atoms. The summed E-state index contributed by atoms with van der Waals surface area (Å²) in [5.41, 5.74) is 2.78. The van der Waals surface area contributed by atoms with E-state index in [1.54, 1.807) is 5.19 Å². The molecule has 1 heterocycles. The summed E-state index contributed by atoms with van der Waals surface area (Å²) in [6.07, 6.45) is 1.23. The Kier molecular flexibility index (Phi) is 1.49. The third-order valence-electron chi connectivity index (χ3n) is 2.34. The molecule has 58 valence electrons. The lowest BCUT2D eigenvalue weighted by Gasteiger charge is -2.01. The lowest BCUT2D eigenvalue weighted by molar-refractivity contribution is 1.46. The van der Waals surface area contributed by atoms with E-state index in [9.17, 15) is 0 Å². The van der Waals surface area contributed by atoms with Crippen molar-refractivity contribution in [1.82, 2.24) is 0 Å². The van der Waals surface area contributed by atoms with Crippen molar-refractivity contribution in [3.8, 4) is 0 Å². The quantitative estimate of drug-likeness (QED) is 0.563. The zero-order chi connectivity index (χ0) is 7.84. The largest absolute Gasteiger partial charge is 0.388 e. The second-order valence-electron chi connectivity index (χ2n) is 3.37. The first kappa shape index (κ1) is 6.92. The first-order chi connectivity index (χ1) is 5.27. The van der Waals surface area contributed by atoms with Crippen molar-refractivity contribution < 1.29 is 0 Å². The SMILES string of the molecule is Cc1ccc2c(c1)[SiH](C)CN2. The van der Waals surface area contributed by atoms with Gasteiger partial charge >= 0.3 is 0 Å². The highest BCUT2D eigenvalue weighted by Crippen LogP contribution is 2.12. The lowest BCUT2D eigenvalue weighted by Crippen LogP contribution is -2.24. The predicted molar refractivity (Wildman–Crippen MR) is 52.3 cm³/mol. The maximum absolute atomic E-state index is 3.44. The Morgan fingerprint density at radius 2 is 2.27 bits per heavy atom. The second kappa shape index (κ2) is 2.38. The molecule has 0 bridgehead atoms. The van der Waals surface area contributed by atoms with Crippen molar-refractivity contribution >= 4 is 19.7 Å². The molecular formula is C9H13NSi. The van der Waals surface area contributed by atoms with Crippen LogP contribution >= 0.6 is 0 Å². The molecule has 0 fully saturated rings. The summed E-state index contributed by atoms with van der Waals surface area (Å²) in [6.45, 7) is 4.57. The monoisotopic (exact) mass is 163 g/mol. The fraction of sp³-hybridized carbons (Fsp3) is 0.333. The van der Waals surface area contributed by atoms with Crippen LogP contribution in [0.2, 0.25) is 6.55 Å². The number of aryl methyl sites for hydroxylation is 1. The van der Waals surface area contributed by atoms with Crippen molar-refractivity contribution in [1.29, 1.82) is 0 Å². The van der Waals surface area contributed by atoms with Gasteiger partial charge in [0.25, 0.3) is 0 Å². The van der Waals surface area contributed by atoms with E-state index in [-0.39, 0.29) is 0 Å². The summed E-state index contributed by atoms with van der Waals surface area (Å²) in [4.78, 5) is 0. The normalized spacial score (nSPS) is 21.1. The Morgan fingerprint density at radius 3 is 3.09 bits per heavy atom. The summed E-state index contributed by atoms with van der Waals surface area (Å²) < 4.78 is 0. The number of hydrogen-bond donors (Lipinski definition) is 1. The summed E-state index contributed by atoms with van der Waals surface area (Å²) >= 11 is 0. The topological polar surface area (TPSA) is 12.0 Å². The van der Waals surface area contributed by atoms with Crippen LogP contribution in [0, 0.1) is 6.92 Å². The first-order valence-electron chi connectivity index (χ1n) is 4.12. The van der Waals surface area contributed by atoms with E-state index in [2.05, 4.69) is 37.0 Å². The second-order valence-corrected chi connectivity index (χ2v) is 6.21. The van der Waals surface area contributed by atoms with Crippen LogP contribution in [0.5, 0.6) is 0 Å². The van der Waals surface area contributed by atoms with Crippen molar-refractivity contribution in [2.45, 2.75) is 13.5 Å². The Labute approximate surface area is 69.0 Å². The highest BCUT2D eigenvalue weighted by molar-refractivity contribution is 6.75. The van der Waals surface area contributed by atoms with Crippen LogP contribution in [-0.2, 0) is 0 Å². The van der Waals surface area contributed by atoms with Crippen LogP contribution in [-0.4, -0.2) is 15.0 Å². The first-order valence-corrected chi connectivity index (χ1v) is 6.66. The van der Waals surface area contributed by atoms with Gasteiger partial charge in [0, 0.05) is 11.9 Å². The zero-order valence-electron chi connectivity index (χ0n) is 7.02. The molecule has 1 aromatic carbocycles. The van der Waals surface area contributed by atoms with Crippen LogP contribution in [0.4, 0.5) is 5.69 Å². The van der Waals surface area contributed by atoms with Crippen LogP contribution in [0.15, 0.2) is 18.2 Å². The molecule has 1 atom stereocenters. The molecule has 0 spiro atoms. The van der Waals surface area contributed by atoms with E-state index < -0.39 is 8.80 Å². The highest BCUT2D eigenvalue weighted by Gasteiger charge is 2.18. The molecule has 0 aromatic heterocycles. The van der Waals surface area contributed by atoms with Gasteiger partial charge in [-0.05, 0) is 18.2 Å². The average Bonchev–Trinajstić information content (AvgIpc) is 2.33. The van der Waals surface area contributed by atoms with Crippen molar-refractivity contribution in [3.63, 3.8) is 0 Å². The molecule has 2 rings (SSSR count). The van der Waals surface area contributed by atoms with E-state index in [4.69, 9.17) is 0 Å². The zero-order valence-corrected chi connectivity index (χ0v) is 8.17. The van der Waals surface area contributed by atoms with Gasteiger partial charge in [0.15, 0.2) is 0 Å². The number of rotatable bonds is 0. The number of hydrogen-bond acceptors (Lipinski definition) is 1. The molecule has 0 saturated carbocycles. The molecule has 0 radical (unpaired) electrons. The molecule has 1 N–H and O–H groups in total. The predicted octanol–water partition coefficient (Wildman–Crippen LogP) is 1.02. The third kappa shape index (κ3) is 1.07. The molecule has 1 unspecified atom stereocenters. The summed E-state index contributed by atoms with van der Waals surface area (Å²) in [7, 11) is -0.586. The van der Waals surface area contributed by atoms with Crippen molar-refractivity contribution in [2.24, 2.45) is 0 Å². The smallest absolute Gasteiger partial charge is 0.0916 e. The fourth-order valence-electron chi connectivity index (χ4n) is 1.62. The van der Waals surface area contributed by atoms with Gasteiger partial charge in [0.1, 0.15) is 0 Å². The fourth-order valence-corrected chi connectivity index (χ4v) is 3.65. The maximum atomic E-state index is 3.44. The minimum atomic E-state index is -0.586. The van der Waals surface area contributed by atoms with E-state index >= 15 is 0 Å². The number of fused-ring (bicyclic) bond motifs is 1. The highest BCUT2D eigenvalue weighted by atomic mass is 28.3. The molecular weight excluding hydrogens is 150 g/mol.